The van der Waals surface area contributed by atoms with Gasteiger partial charge in [-0.15, -0.1) is 0 Å². The van der Waals surface area contributed by atoms with Gasteiger partial charge in [-0.3, -0.25) is 0 Å². The third kappa shape index (κ3) is 4.99. The van der Waals surface area contributed by atoms with E-state index in [9.17, 15) is 0 Å². The number of hydrogen-bond donors (Lipinski definition) is 2. The van der Waals surface area contributed by atoms with Crippen molar-refractivity contribution in [2.45, 2.75) is 32.4 Å². The van der Waals surface area contributed by atoms with Crippen LogP contribution >= 0.6 is 0 Å². The van der Waals surface area contributed by atoms with Crippen LogP contribution in [0, 0.1) is 0 Å². The maximum atomic E-state index is 4.08. The molecule has 2 aromatic rings. The van der Waals surface area contributed by atoms with Crippen LogP contribution in [-0.2, 0) is 6.42 Å². The second-order valence-electron chi connectivity index (χ2n) is 5.57. The number of rotatable bonds is 7. The van der Waals surface area contributed by atoms with E-state index in [1.54, 1.807) is 0 Å². The normalized spacial score (nSPS) is 12.0. The fraction of sp³-hybridized carbons (Fsp3) is 0.263. The minimum absolute atomic E-state index is 0.215. The molecule has 2 nitrogen and oxygen atoms in total. The maximum Gasteiger partial charge on any atom is 0.0919 e. The highest BCUT2D eigenvalue weighted by atomic mass is 15.1. The van der Waals surface area contributed by atoms with Gasteiger partial charge in [0.05, 0.1) is 11.9 Å². The van der Waals surface area contributed by atoms with E-state index in [2.05, 4.69) is 79.6 Å². The highest BCUT2D eigenvalue weighted by Gasteiger charge is 2.12. The SMILES string of the molecule is C=C(NC(C)C)NC(Cc1ccccc1)c1ccccc1. The maximum absolute atomic E-state index is 4.08. The van der Waals surface area contributed by atoms with Crippen molar-refractivity contribution >= 4 is 0 Å². The van der Waals surface area contributed by atoms with Gasteiger partial charge in [0.1, 0.15) is 0 Å². The van der Waals surface area contributed by atoms with Gasteiger partial charge in [0.15, 0.2) is 0 Å². The summed E-state index contributed by atoms with van der Waals surface area (Å²) in [4.78, 5) is 0. The number of benzene rings is 2. The van der Waals surface area contributed by atoms with Crippen molar-refractivity contribution in [3.8, 4) is 0 Å². The van der Waals surface area contributed by atoms with E-state index in [0.717, 1.165) is 12.2 Å². The van der Waals surface area contributed by atoms with Crippen LogP contribution in [-0.4, -0.2) is 6.04 Å². The lowest BCUT2D eigenvalue weighted by atomic mass is 9.99. The molecule has 0 radical (unpaired) electrons. The van der Waals surface area contributed by atoms with E-state index in [4.69, 9.17) is 0 Å². The molecule has 2 N–H and O–H groups in total. The van der Waals surface area contributed by atoms with Gasteiger partial charge in [-0.1, -0.05) is 67.2 Å². The third-order valence-corrected chi connectivity index (χ3v) is 3.30. The Hall–Kier alpha value is -2.22. The van der Waals surface area contributed by atoms with Crippen LogP contribution in [0.25, 0.3) is 0 Å². The van der Waals surface area contributed by atoms with E-state index in [-0.39, 0.29) is 6.04 Å². The van der Waals surface area contributed by atoms with Gasteiger partial charge >= 0.3 is 0 Å². The van der Waals surface area contributed by atoms with Crippen molar-refractivity contribution in [1.82, 2.24) is 10.6 Å². The molecule has 110 valence electrons. The van der Waals surface area contributed by atoms with Crippen LogP contribution in [0.15, 0.2) is 73.1 Å². The van der Waals surface area contributed by atoms with Crippen LogP contribution in [0.3, 0.4) is 0 Å². The van der Waals surface area contributed by atoms with Crippen LogP contribution in [0.1, 0.15) is 31.0 Å². The van der Waals surface area contributed by atoms with Crippen molar-refractivity contribution in [2.24, 2.45) is 0 Å². The Balaban J connectivity index is 2.13. The lowest BCUT2D eigenvalue weighted by Gasteiger charge is -2.24. The van der Waals surface area contributed by atoms with Crippen LogP contribution in [0.2, 0.25) is 0 Å². The molecule has 0 fully saturated rings. The molecule has 1 unspecified atom stereocenters. The van der Waals surface area contributed by atoms with Crippen molar-refractivity contribution in [3.63, 3.8) is 0 Å². The van der Waals surface area contributed by atoms with Gasteiger partial charge in [0, 0.05) is 6.04 Å². The minimum Gasteiger partial charge on any atom is -0.370 e. The summed E-state index contributed by atoms with van der Waals surface area (Å²) in [5, 5.41) is 6.83. The molecule has 0 amide bonds. The average molecular weight is 280 g/mol. The largest absolute Gasteiger partial charge is 0.370 e. The summed E-state index contributed by atoms with van der Waals surface area (Å²) in [6.45, 7) is 8.30. The van der Waals surface area contributed by atoms with E-state index in [1.807, 2.05) is 12.1 Å². The first kappa shape index (κ1) is 15.2. The van der Waals surface area contributed by atoms with Crippen LogP contribution in [0.5, 0.6) is 0 Å². The van der Waals surface area contributed by atoms with Crippen LogP contribution in [0.4, 0.5) is 0 Å². The Bertz CT molecular complexity index is 546. The molecule has 1 atom stereocenters. The van der Waals surface area contributed by atoms with Gasteiger partial charge in [-0.25, -0.2) is 0 Å². The fourth-order valence-electron chi connectivity index (χ4n) is 2.39. The van der Waals surface area contributed by atoms with Gasteiger partial charge in [-0.2, -0.15) is 0 Å². The lowest BCUT2D eigenvalue weighted by Crippen LogP contribution is -2.33. The topological polar surface area (TPSA) is 24.1 Å². The molecular weight excluding hydrogens is 256 g/mol. The summed E-state index contributed by atoms with van der Waals surface area (Å²) < 4.78 is 0. The predicted octanol–water partition coefficient (Wildman–Crippen LogP) is 4.03. The molecule has 21 heavy (non-hydrogen) atoms. The third-order valence-electron chi connectivity index (χ3n) is 3.30. The average Bonchev–Trinajstić information content (AvgIpc) is 2.48. The first-order valence-corrected chi connectivity index (χ1v) is 7.46. The van der Waals surface area contributed by atoms with Crippen LogP contribution < -0.4 is 10.6 Å². The fourth-order valence-corrected chi connectivity index (χ4v) is 2.39. The number of nitrogens with one attached hydrogen (secondary N) is 2. The zero-order valence-corrected chi connectivity index (χ0v) is 12.8. The molecule has 2 aromatic carbocycles. The summed E-state index contributed by atoms with van der Waals surface area (Å²) in [6, 6.07) is 21.6. The number of hydrogen-bond acceptors (Lipinski definition) is 2. The molecule has 0 saturated heterocycles. The summed E-state index contributed by atoms with van der Waals surface area (Å²) in [6.07, 6.45) is 0.934. The van der Waals surface area contributed by atoms with Gasteiger partial charge in [-0.05, 0) is 31.4 Å². The Labute approximate surface area is 127 Å². The van der Waals surface area contributed by atoms with E-state index < -0.39 is 0 Å². The molecule has 2 rings (SSSR count). The van der Waals surface area contributed by atoms with Gasteiger partial charge in [0.25, 0.3) is 0 Å². The Morgan fingerprint density at radius 2 is 1.48 bits per heavy atom. The first-order chi connectivity index (χ1) is 10.1. The molecule has 0 bridgehead atoms. The molecule has 2 heteroatoms. The molecule has 0 aromatic heterocycles. The van der Waals surface area contributed by atoms with Crippen molar-refractivity contribution in [2.75, 3.05) is 0 Å². The lowest BCUT2D eigenvalue weighted by molar-refractivity contribution is 0.532. The Morgan fingerprint density at radius 1 is 0.905 bits per heavy atom. The van der Waals surface area contributed by atoms with E-state index >= 15 is 0 Å². The summed E-state index contributed by atoms with van der Waals surface area (Å²) in [7, 11) is 0. The minimum atomic E-state index is 0.215. The van der Waals surface area contributed by atoms with E-state index in [0.29, 0.717) is 6.04 Å². The van der Waals surface area contributed by atoms with Gasteiger partial charge in [0.2, 0.25) is 0 Å². The Kier molecular flexibility index (Phi) is 5.44. The first-order valence-electron chi connectivity index (χ1n) is 7.46. The molecule has 0 saturated carbocycles. The monoisotopic (exact) mass is 280 g/mol. The molecule has 0 aliphatic heterocycles. The van der Waals surface area contributed by atoms with Crippen molar-refractivity contribution < 1.29 is 0 Å². The standard InChI is InChI=1S/C19H24N2/c1-15(2)20-16(3)21-19(18-12-8-5-9-13-18)14-17-10-6-4-7-11-17/h4-13,15,19-21H,3,14H2,1-2H3. The molecule has 0 aliphatic rings. The van der Waals surface area contributed by atoms with E-state index in [1.165, 1.54) is 11.1 Å². The van der Waals surface area contributed by atoms with Crippen molar-refractivity contribution in [3.05, 3.63) is 84.2 Å². The predicted molar refractivity (Wildman–Crippen MR) is 89.9 cm³/mol. The highest BCUT2D eigenvalue weighted by molar-refractivity contribution is 5.24. The Morgan fingerprint density at radius 3 is 2.05 bits per heavy atom. The smallest absolute Gasteiger partial charge is 0.0919 e. The summed E-state index contributed by atoms with van der Waals surface area (Å²) >= 11 is 0. The molecular formula is C19H24N2. The molecule has 0 spiro atoms. The molecule has 0 aliphatic carbocycles. The zero-order chi connectivity index (χ0) is 15.1. The second-order valence-corrected chi connectivity index (χ2v) is 5.57. The quantitative estimate of drug-likeness (QED) is 0.800. The highest BCUT2D eigenvalue weighted by Crippen LogP contribution is 2.19. The summed E-state index contributed by atoms with van der Waals surface area (Å²) in [5.41, 5.74) is 2.59. The second kappa shape index (κ2) is 7.53. The van der Waals surface area contributed by atoms with Crippen molar-refractivity contribution in [1.29, 1.82) is 0 Å². The summed E-state index contributed by atoms with van der Waals surface area (Å²) in [5.74, 6) is 0.870. The molecule has 0 heterocycles. The van der Waals surface area contributed by atoms with Gasteiger partial charge < -0.3 is 10.6 Å². The zero-order valence-electron chi connectivity index (χ0n) is 12.8.